The summed E-state index contributed by atoms with van der Waals surface area (Å²) >= 11 is 0. The van der Waals surface area contributed by atoms with E-state index >= 15 is 0 Å². The van der Waals surface area contributed by atoms with Crippen LogP contribution in [0.2, 0.25) is 0 Å². The second-order valence-electron chi connectivity index (χ2n) is 7.56. The van der Waals surface area contributed by atoms with E-state index in [2.05, 4.69) is 22.0 Å². The fourth-order valence-electron chi connectivity index (χ4n) is 4.10. The predicted octanol–water partition coefficient (Wildman–Crippen LogP) is 0.228. The molecule has 1 N–H and O–H groups in total. The number of guanidine groups is 1. The van der Waals surface area contributed by atoms with Gasteiger partial charge in [-0.3, -0.25) is 14.7 Å². The Morgan fingerprint density at radius 3 is 2.60 bits per heavy atom. The van der Waals surface area contributed by atoms with Crippen molar-refractivity contribution >= 4 is 11.9 Å². The number of hydrogen-bond acceptors (Lipinski definition) is 4. The third kappa shape index (κ3) is 4.64. The smallest absolute Gasteiger partial charge is 0.219 e. The number of aliphatic imine (C=N–C) groups is 1. The number of nitrogens with one attached hydrogen (secondary N) is 1. The molecule has 7 nitrogen and oxygen atoms in total. The minimum atomic E-state index is 0.186. The number of carbonyl (C=O) groups is 1. The molecule has 0 aromatic carbocycles. The molecule has 142 valence electrons. The summed E-state index contributed by atoms with van der Waals surface area (Å²) in [4.78, 5) is 23.0. The highest BCUT2D eigenvalue weighted by atomic mass is 16.5. The van der Waals surface area contributed by atoms with Crippen LogP contribution in [0.25, 0.3) is 0 Å². The molecular weight excluding hydrogens is 318 g/mol. The van der Waals surface area contributed by atoms with E-state index in [4.69, 9.17) is 9.73 Å². The third-order valence-electron chi connectivity index (χ3n) is 5.75. The molecule has 3 heterocycles. The van der Waals surface area contributed by atoms with Crippen molar-refractivity contribution in [3.8, 4) is 0 Å². The van der Waals surface area contributed by atoms with Crippen LogP contribution in [0.15, 0.2) is 4.99 Å². The lowest BCUT2D eigenvalue weighted by Crippen LogP contribution is -2.48. The lowest BCUT2D eigenvalue weighted by molar-refractivity contribution is -0.130. The van der Waals surface area contributed by atoms with Crippen LogP contribution in [-0.2, 0) is 9.53 Å². The summed E-state index contributed by atoms with van der Waals surface area (Å²) in [6, 6.07) is 0. The summed E-state index contributed by atoms with van der Waals surface area (Å²) < 4.78 is 5.63. The lowest BCUT2D eigenvalue weighted by Gasteiger charge is -2.34. The number of nitrogens with zero attached hydrogens (tertiary/aromatic N) is 4. The average Bonchev–Trinajstić information content (AvgIpc) is 3.25. The molecule has 0 bridgehead atoms. The molecule has 0 aliphatic carbocycles. The SMILES string of the molecule is CCNC(=NCCN1CCN(C(C)=O)CC1)N1CCC2(CCOC2)C1. The van der Waals surface area contributed by atoms with E-state index in [1.807, 2.05) is 4.90 Å². The molecule has 0 aromatic heterocycles. The Balaban J connectivity index is 1.47. The molecule has 1 amide bonds. The van der Waals surface area contributed by atoms with Crippen molar-refractivity contribution in [1.82, 2.24) is 20.0 Å². The van der Waals surface area contributed by atoms with Crippen LogP contribution >= 0.6 is 0 Å². The van der Waals surface area contributed by atoms with Crippen molar-refractivity contribution in [1.29, 1.82) is 0 Å². The van der Waals surface area contributed by atoms with Crippen LogP contribution in [-0.4, -0.2) is 98.7 Å². The molecule has 3 fully saturated rings. The van der Waals surface area contributed by atoms with E-state index in [0.29, 0.717) is 5.41 Å². The van der Waals surface area contributed by atoms with Gasteiger partial charge in [0.1, 0.15) is 0 Å². The first-order valence-corrected chi connectivity index (χ1v) is 9.71. The molecule has 1 atom stereocenters. The fourth-order valence-corrected chi connectivity index (χ4v) is 4.10. The van der Waals surface area contributed by atoms with Crippen LogP contribution in [0, 0.1) is 5.41 Å². The first kappa shape index (κ1) is 18.5. The third-order valence-corrected chi connectivity index (χ3v) is 5.75. The number of piperazine rings is 1. The van der Waals surface area contributed by atoms with E-state index in [0.717, 1.165) is 78.1 Å². The predicted molar refractivity (Wildman–Crippen MR) is 98.7 cm³/mol. The minimum Gasteiger partial charge on any atom is -0.381 e. The van der Waals surface area contributed by atoms with Gasteiger partial charge in [-0.05, 0) is 19.8 Å². The quantitative estimate of drug-likeness (QED) is 0.580. The number of carbonyl (C=O) groups excluding carboxylic acids is 1. The largest absolute Gasteiger partial charge is 0.381 e. The summed E-state index contributed by atoms with van der Waals surface area (Å²) in [6.07, 6.45) is 2.40. The highest BCUT2D eigenvalue weighted by molar-refractivity contribution is 5.80. The molecule has 0 saturated carbocycles. The zero-order valence-corrected chi connectivity index (χ0v) is 15.8. The van der Waals surface area contributed by atoms with Crippen molar-refractivity contribution in [3.63, 3.8) is 0 Å². The van der Waals surface area contributed by atoms with Crippen LogP contribution in [0.1, 0.15) is 26.7 Å². The standard InChI is InChI=1S/C18H33N5O2/c1-3-19-17(23-7-4-18(14-23)5-13-25-15-18)20-6-8-21-9-11-22(12-10-21)16(2)24/h3-15H2,1-2H3,(H,19,20). The second kappa shape index (κ2) is 8.36. The maximum Gasteiger partial charge on any atom is 0.219 e. The number of ether oxygens (including phenoxy) is 1. The van der Waals surface area contributed by atoms with Gasteiger partial charge >= 0.3 is 0 Å². The number of hydrogen-bond donors (Lipinski definition) is 1. The molecule has 0 aromatic rings. The van der Waals surface area contributed by atoms with E-state index in [9.17, 15) is 4.79 Å². The number of rotatable bonds is 4. The fraction of sp³-hybridized carbons (Fsp3) is 0.889. The van der Waals surface area contributed by atoms with E-state index in [-0.39, 0.29) is 5.91 Å². The number of amides is 1. The van der Waals surface area contributed by atoms with E-state index in [1.165, 1.54) is 12.8 Å². The summed E-state index contributed by atoms with van der Waals surface area (Å²) in [6.45, 7) is 14.0. The van der Waals surface area contributed by atoms with Crippen molar-refractivity contribution in [3.05, 3.63) is 0 Å². The summed E-state index contributed by atoms with van der Waals surface area (Å²) in [7, 11) is 0. The van der Waals surface area contributed by atoms with Gasteiger partial charge in [-0.1, -0.05) is 0 Å². The molecule has 3 rings (SSSR count). The molecule has 7 heteroatoms. The van der Waals surface area contributed by atoms with Gasteiger partial charge < -0.3 is 19.9 Å². The Hall–Kier alpha value is -1.34. The zero-order valence-electron chi connectivity index (χ0n) is 15.8. The molecule has 1 spiro atoms. The topological polar surface area (TPSA) is 60.4 Å². The van der Waals surface area contributed by atoms with Gasteiger partial charge in [0.2, 0.25) is 5.91 Å². The zero-order chi connectivity index (χ0) is 17.7. The van der Waals surface area contributed by atoms with Crippen LogP contribution in [0.5, 0.6) is 0 Å². The van der Waals surface area contributed by atoms with Crippen molar-refractivity contribution < 1.29 is 9.53 Å². The van der Waals surface area contributed by atoms with E-state index in [1.54, 1.807) is 6.92 Å². The Bertz CT molecular complexity index is 482. The first-order chi connectivity index (χ1) is 12.1. The highest BCUT2D eigenvalue weighted by Crippen LogP contribution is 2.38. The monoisotopic (exact) mass is 351 g/mol. The van der Waals surface area contributed by atoms with Crippen LogP contribution < -0.4 is 5.32 Å². The Labute approximate surface area is 151 Å². The molecule has 3 aliphatic rings. The van der Waals surface area contributed by atoms with Gasteiger partial charge in [0.05, 0.1) is 13.2 Å². The van der Waals surface area contributed by atoms with Crippen molar-refractivity contribution in [2.24, 2.45) is 10.4 Å². The minimum absolute atomic E-state index is 0.186. The molecule has 25 heavy (non-hydrogen) atoms. The maximum atomic E-state index is 11.4. The summed E-state index contributed by atoms with van der Waals surface area (Å²) in [5.74, 6) is 1.24. The molecule has 3 aliphatic heterocycles. The lowest BCUT2D eigenvalue weighted by atomic mass is 9.87. The Morgan fingerprint density at radius 2 is 1.96 bits per heavy atom. The van der Waals surface area contributed by atoms with E-state index < -0.39 is 0 Å². The van der Waals surface area contributed by atoms with Crippen LogP contribution in [0.3, 0.4) is 0 Å². The first-order valence-electron chi connectivity index (χ1n) is 9.71. The normalized spacial score (nSPS) is 28.2. The molecule has 3 saturated heterocycles. The van der Waals surface area contributed by atoms with Gasteiger partial charge in [0.15, 0.2) is 5.96 Å². The van der Waals surface area contributed by atoms with Crippen molar-refractivity contribution in [2.75, 3.05) is 72.1 Å². The average molecular weight is 351 g/mol. The summed E-state index contributed by atoms with van der Waals surface area (Å²) in [5.41, 5.74) is 0.360. The van der Waals surface area contributed by atoms with Gasteiger partial charge in [-0.25, -0.2) is 0 Å². The molecule has 0 radical (unpaired) electrons. The Morgan fingerprint density at radius 1 is 1.16 bits per heavy atom. The van der Waals surface area contributed by atoms with Gasteiger partial charge in [0.25, 0.3) is 0 Å². The van der Waals surface area contributed by atoms with Crippen molar-refractivity contribution in [2.45, 2.75) is 26.7 Å². The van der Waals surface area contributed by atoms with Gasteiger partial charge in [-0.15, -0.1) is 0 Å². The van der Waals surface area contributed by atoms with Gasteiger partial charge in [-0.2, -0.15) is 0 Å². The number of likely N-dealkylation sites (tertiary alicyclic amines) is 1. The molecular formula is C18H33N5O2. The van der Waals surface area contributed by atoms with Gasteiger partial charge in [0, 0.05) is 71.3 Å². The summed E-state index contributed by atoms with van der Waals surface area (Å²) in [5, 5.41) is 3.45. The highest BCUT2D eigenvalue weighted by Gasteiger charge is 2.42. The second-order valence-corrected chi connectivity index (χ2v) is 7.56. The Kier molecular flexibility index (Phi) is 6.17. The maximum absolute atomic E-state index is 11.4. The molecule has 1 unspecified atom stereocenters. The van der Waals surface area contributed by atoms with Crippen LogP contribution in [0.4, 0.5) is 0 Å².